The van der Waals surface area contributed by atoms with E-state index in [0.717, 1.165) is 12.8 Å². The van der Waals surface area contributed by atoms with Crippen LogP contribution < -0.4 is 21.3 Å². The zero-order valence-corrected chi connectivity index (χ0v) is 15.7. The van der Waals surface area contributed by atoms with Crippen LogP contribution in [-0.4, -0.2) is 55.0 Å². The van der Waals surface area contributed by atoms with Crippen molar-refractivity contribution in [1.29, 1.82) is 0 Å². The molecule has 0 radical (unpaired) electrons. The summed E-state index contributed by atoms with van der Waals surface area (Å²) in [5.74, 6) is 0.352. The van der Waals surface area contributed by atoms with Crippen LogP contribution in [0.2, 0.25) is 0 Å². The fourth-order valence-electron chi connectivity index (χ4n) is 3.03. The molecule has 3 aromatic heterocycles. The number of anilines is 1. The average Bonchev–Trinajstić information content (AvgIpc) is 3.28. The van der Waals surface area contributed by atoms with Gasteiger partial charge in [0.2, 0.25) is 5.88 Å². The van der Waals surface area contributed by atoms with Crippen molar-refractivity contribution in [2.75, 3.05) is 18.0 Å². The largest absolute Gasteiger partial charge is 0.493 e. The lowest BCUT2D eigenvalue weighted by Gasteiger charge is -2.22. The first-order valence-corrected chi connectivity index (χ1v) is 9.29. The first-order valence-electron chi connectivity index (χ1n) is 9.29. The van der Waals surface area contributed by atoms with Crippen LogP contribution in [0.25, 0.3) is 11.7 Å². The molecule has 10 heteroatoms. The van der Waals surface area contributed by atoms with Crippen molar-refractivity contribution in [2.24, 2.45) is 4.99 Å². The molecular formula is C18H22FN7O2. The first-order chi connectivity index (χ1) is 13.4. The molecule has 148 valence electrons. The lowest BCUT2D eigenvalue weighted by Crippen LogP contribution is -2.32. The van der Waals surface area contributed by atoms with Gasteiger partial charge in [-0.1, -0.05) is 0 Å². The number of aromatic nitrogens is 5. The van der Waals surface area contributed by atoms with Crippen LogP contribution in [-0.2, 0) is 0 Å². The van der Waals surface area contributed by atoms with E-state index in [4.69, 9.17) is 4.99 Å². The third-order valence-electron chi connectivity index (χ3n) is 4.54. The Morgan fingerprint density at radius 3 is 2.89 bits per heavy atom. The van der Waals surface area contributed by atoms with Gasteiger partial charge in [-0.05, 0) is 32.8 Å². The van der Waals surface area contributed by atoms with Gasteiger partial charge in [-0.3, -0.25) is 9.98 Å². The number of nitrogens with zero attached hydrogens (tertiary/aromatic N) is 5. The van der Waals surface area contributed by atoms with Gasteiger partial charge in [0, 0.05) is 17.8 Å². The van der Waals surface area contributed by atoms with Crippen LogP contribution >= 0.6 is 0 Å². The number of imidazole rings is 1. The van der Waals surface area contributed by atoms with Gasteiger partial charge in [0.25, 0.3) is 0 Å². The molecule has 3 aromatic rings. The van der Waals surface area contributed by atoms with Gasteiger partial charge in [-0.2, -0.15) is 9.61 Å². The van der Waals surface area contributed by atoms with Crippen molar-refractivity contribution in [2.45, 2.75) is 38.9 Å². The minimum atomic E-state index is -1.00. The summed E-state index contributed by atoms with van der Waals surface area (Å²) >= 11 is 0. The highest BCUT2D eigenvalue weighted by Gasteiger charge is 2.21. The van der Waals surface area contributed by atoms with Crippen LogP contribution in [0.15, 0.2) is 22.1 Å². The Morgan fingerprint density at radius 2 is 2.29 bits per heavy atom. The van der Waals surface area contributed by atoms with Crippen LogP contribution in [0, 0.1) is 0 Å². The van der Waals surface area contributed by atoms with Gasteiger partial charge in [-0.25, -0.2) is 14.2 Å². The van der Waals surface area contributed by atoms with Crippen molar-refractivity contribution in [3.63, 3.8) is 0 Å². The third kappa shape index (κ3) is 3.62. The van der Waals surface area contributed by atoms with Crippen LogP contribution in [0.4, 0.5) is 10.2 Å². The molecule has 1 atom stereocenters. The first kappa shape index (κ1) is 18.2. The molecule has 3 N–H and O–H groups in total. The van der Waals surface area contributed by atoms with Crippen LogP contribution in [0.1, 0.15) is 32.4 Å². The van der Waals surface area contributed by atoms with Gasteiger partial charge in [0.1, 0.15) is 17.7 Å². The maximum absolute atomic E-state index is 13.6. The lowest BCUT2D eigenvalue weighted by molar-refractivity contribution is 0.362. The summed E-state index contributed by atoms with van der Waals surface area (Å²) in [7, 11) is 0. The smallest absolute Gasteiger partial charge is 0.326 e. The number of hydrogen-bond donors (Lipinski definition) is 3. The SMILES string of the molecule is CCN(C[C@H](C)F)c1cc(=NC2CC2)n2ncc(=Cc3[nH]c(=O)[nH]c3O)c2n1. The van der Waals surface area contributed by atoms with Crippen LogP contribution in [0.3, 0.4) is 0 Å². The lowest BCUT2D eigenvalue weighted by atomic mass is 10.3. The zero-order chi connectivity index (χ0) is 19.8. The average molecular weight is 387 g/mol. The van der Waals surface area contributed by atoms with Crippen molar-refractivity contribution in [3.8, 4) is 5.88 Å². The molecule has 1 saturated carbocycles. The monoisotopic (exact) mass is 387 g/mol. The molecule has 0 saturated heterocycles. The van der Waals surface area contributed by atoms with E-state index in [2.05, 4.69) is 20.1 Å². The zero-order valence-electron chi connectivity index (χ0n) is 15.7. The molecule has 3 heterocycles. The Kier molecular flexibility index (Phi) is 4.62. The number of aromatic hydroxyl groups is 1. The second kappa shape index (κ2) is 7.10. The molecule has 1 aliphatic carbocycles. The molecular weight excluding hydrogens is 365 g/mol. The van der Waals surface area contributed by atoms with E-state index >= 15 is 0 Å². The topological polar surface area (TPSA) is 115 Å². The summed E-state index contributed by atoms with van der Waals surface area (Å²) in [5.41, 5.74) is 0.895. The quantitative estimate of drug-likeness (QED) is 0.561. The normalized spacial score (nSPS) is 16.8. The summed E-state index contributed by atoms with van der Waals surface area (Å²) in [6.07, 6.45) is 4.26. The molecule has 9 nitrogen and oxygen atoms in total. The molecule has 0 aromatic carbocycles. The predicted molar refractivity (Wildman–Crippen MR) is 102 cm³/mol. The minimum Gasteiger partial charge on any atom is -0.493 e. The molecule has 4 rings (SSSR count). The van der Waals surface area contributed by atoms with E-state index in [-0.39, 0.29) is 24.2 Å². The summed E-state index contributed by atoms with van der Waals surface area (Å²) in [5, 5.41) is 14.8. The molecule has 28 heavy (non-hydrogen) atoms. The Balaban J connectivity index is 1.92. The Labute approximate surface area is 159 Å². The highest BCUT2D eigenvalue weighted by atomic mass is 19.1. The highest BCUT2D eigenvalue weighted by molar-refractivity contribution is 5.58. The molecule has 0 bridgehead atoms. The number of halogens is 1. The fraction of sp³-hybridized carbons (Fsp3) is 0.444. The Bertz CT molecular complexity index is 1170. The number of rotatable bonds is 6. The maximum Gasteiger partial charge on any atom is 0.326 e. The number of aromatic amines is 2. The summed E-state index contributed by atoms with van der Waals surface area (Å²) < 4.78 is 15.3. The number of hydrogen-bond acceptors (Lipinski definition) is 6. The van der Waals surface area contributed by atoms with Crippen LogP contribution in [0.5, 0.6) is 5.88 Å². The molecule has 0 amide bonds. The summed E-state index contributed by atoms with van der Waals surface area (Å²) in [4.78, 5) is 27.4. The molecule has 0 spiro atoms. The third-order valence-corrected chi connectivity index (χ3v) is 4.54. The van der Waals surface area contributed by atoms with Gasteiger partial charge in [0.15, 0.2) is 11.1 Å². The van der Waals surface area contributed by atoms with Crippen molar-refractivity contribution in [1.82, 2.24) is 24.6 Å². The van der Waals surface area contributed by atoms with E-state index in [1.54, 1.807) is 16.8 Å². The number of H-pyrrole nitrogens is 2. The predicted octanol–water partition coefficient (Wildman–Crippen LogP) is 0.246. The van der Waals surface area contributed by atoms with Crippen molar-refractivity contribution < 1.29 is 9.50 Å². The van der Waals surface area contributed by atoms with Gasteiger partial charge >= 0.3 is 5.69 Å². The van der Waals surface area contributed by atoms with E-state index in [1.165, 1.54) is 6.92 Å². The van der Waals surface area contributed by atoms with Gasteiger partial charge in [-0.15, -0.1) is 0 Å². The highest BCUT2D eigenvalue weighted by Crippen LogP contribution is 2.22. The maximum atomic E-state index is 13.6. The second-order valence-electron chi connectivity index (χ2n) is 6.97. The number of alkyl halides is 1. The van der Waals surface area contributed by atoms with Gasteiger partial charge < -0.3 is 15.0 Å². The molecule has 1 fully saturated rings. The Morgan fingerprint density at radius 1 is 1.50 bits per heavy atom. The minimum absolute atomic E-state index is 0.224. The van der Waals surface area contributed by atoms with E-state index in [9.17, 15) is 14.3 Å². The molecule has 0 aliphatic heterocycles. The van der Waals surface area contributed by atoms with E-state index in [1.807, 2.05) is 17.9 Å². The molecule has 1 aliphatic rings. The summed E-state index contributed by atoms with van der Waals surface area (Å²) in [6.45, 7) is 4.28. The molecule has 0 unspecified atom stereocenters. The standard InChI is InChI=1S/C18H22FN7O2/c1-3-25(9-10(2)19)14-7-15(21-12-4-5-12)26-16(23-14)11(8-20-26)6-13-17(27)24-18(28)22-13/h6-8,10,12,27H,3-5,9H2,1-2H3,(H2,22,24,28)/t10-/m0/s1. The number of nitrogens with one attached hydrogen (secondary N) is 2. The second-order valence-corrected chi connectivity index (χ2v) is 6.97. The number of fused-ring (bicyclic) bond motifs is 1. The van der Waals surface area contributed by atoms with Crippen molar-refractivity contribution >= 4 is 17.5 Å². The van der Waals surface area contributed by atoms with Gasteiger partial charge in [0.05, 0.1) is 18.8 Å². The Hall–Kier alpha value is -3.17. The van der Waals surface area contributed by atoms with E-state index in [0.29, 0.717) is 28.7 Å². The summed E-state index contributed by atoms with van der Waals surface area (Å²) in [6, 6.07) is 2.10. The fourth-order valence-corrected chi connectivity index (χ4v) is 3.03. The van der Waals surface area contributed by atoms with Crippen molar-refractivity contribution in [3.05, 3.63) is 39.1 Å². The van der Waals surface area contributed by atoms with E-state index < -0.39 is 11.9 Å².